The number of aliphatic hydroxyl groups excluding tert-OH is 1. The van der Waals surface area contributed by atoms with Gasteiger partial charge in [0.25, 0.3) is 10.1 Å². The van der Waals surface area contributed by atoms with Crippen LogP contribution < -0.4 is 0 Å². The number of hydrogen-bond donors (Lipinski definition) is 2. The molecule has 5 nitrogen and oxygen atoms in total. The molecule has 0 aliphatic heterocycles. The Kier molecular flexibility index (Phi) is 20.6. The van der Waals surface area contributed by atoms with Crippen molar-refractivity contribution in [2.45, 2.75) is 97.3 Å². The highest BCUT2D eigenvalue weighted by Gasteiger charge is 2.16. The van der Waals surface area contributed by atoms with Crippen molar-refractivity contribution >= 4 is 10.1 Å². The number of quaternary nitrogens is 1. The lowest BCUT2D eigenvalue weighted by Crippen LogP contribution is -2.41. The largest absolute Gasteiger partial charge is 0.397 e. The fourth-order valence-electron chi connectivity index (χ4n) is 3.17. The summed E-state index contributed by atoms with van der Waals surface area (Å²) in [5, 5.41) is 7.57. The topological polar surface area (TPSA) is 74.6 Å². The average Bonchev–Trinajstić information content (AvgIpc) is 2.55. The Morgan fingerprint density at radius 1 is 0.667 bits per heavy atom. The van der Waals surface area contributed by atoms with Gasteiger partial charge in [0.2, 0.25) is 0 Å². The molecular formula is C21H48NO4S+. The highest BCUT2D eigenvalue weighted by atomic mass is 32.2. The second-order valence-electron chi connectivity index (χ2n) is 8.23. The molecule has 0 unspecified atom stereocenters. The van der Waals surface area contributed by atoms with Crippen molar-refractivity contribution < 1.29 is 22.6 Å². The molecule has 0 fully saturated rings. The van der Waals surface area contributed by atoms with Gasteiger partial charge in [-0.3, -0.25) is 4.55 Å². The molecule has 166 valence electrons. The Balaban J connectivity index is 0. The summed E-state index contributed by atoms with van der Waals surface area (Å²) >= 11 is 0. The first-order valence-corrected chi connectivity index (χ1v) is 12.7. The van der Waals surface area contributed by atoms with Crippen LogP contribution in [-0.4, -0.2) is 62.1 Å². The first kappa shape index (κ1) is 29.0. The van der Waals surface area contributed by atoms with Crippen LogP contribution in [0.1, 0.15) is 97.3 Å². The summed E-state index contributed by atoms with van der Waals surface area (Å²) < 4.78 is 31.1. The van der Waals surface area contributed by atoms with E-state index in [1.54, 1.807) is 6.92 Å². The molecule has 0 aliphatic carbocycles. The fraction of sp³-hybridized carbons (Fsp3) is 1.00. The fourth-order valence-corrected chi connectivity index (χ4v) is 3.66. The smallest absolute Gasteiger partial charge is 0.265 e. The molecule has 0 heterocycles. The molecule has 6 heteroatoms. The van der Waals surface area contributed by atoms with E-state index in [2.05, 4.69) is 21.0 Å². The molecule has 2 N–H and O–H groups in total. The van der Waals surface area contributed by atoms with Crippen molar-refractivity contribution in [2.24, 2.45) is 0 Å². The third kappa shape index (κ3) is 28.1. The van der Waals surface area contributed by atoms with Crippen LogP contribution >= 0.6 is 0 Å². The molecule has 0 aromatic heterocycles. The van der Waals surface area contributed by atoms with E-state index in [1.807, 2.05) is 0 Å². The number of hydrogen-bond acceptors (Lipinski definition) is 3. The van der Waals surface area contributed by atoms with Gasteiger partial charge < -0.3 is 9.59 Å². The van der Waals surface area contributed by atoms with Gasteiger partial charge in [-0.05, 0) is 19.8 Å². The Bertz CT molecular complexity index is 397. The quantitative estimate of drug-likeness (QED) is 0.200. The minimum Gasteiger partial charge on any atom is -0.397 e. The van der Waals surface area contributed by atoms with Crippen molar-refractivity contribution in [1.82, 2.24) is 0 Å². The zero-order valence-corrected chi connectivity index (χ0v) is 19.4. The van der Waals surface area contributed by atoms with Gasteiger partial charge in [0.15, 0.2) is 0 Å². The summed E-state index contributed by atoms with van der Waals surface area (Å²) in [4.78, 5) is 0. The normalized spacial score (nSPS) is 11.9. The first-order valence-electron chi connectivity index (χ1n) is 11.1. The van der Waals surface area contributed by atoms with Crippen molar-refractivity contribution in [3.63, 3.8) is 0 Å². The van der Waals surface area contributed by atoms with E-state index in [9.17, 15) is 8.42 Å². The third-order valence-electron chi connectivity index (χ3n) is 4.78. The molecule has 0 bridgehead atoms. The molecule has 0 radical (unpaired) electrons. The van der Waals surface area contributed by atoms with Gasteiger partial charge in [-0.25, -0.2) is 0 Å². The molecule has 0 amide bonds. The van der Waals surface area contributed by atoms with Crippen LogP contribution in [0.2, 0.25) is 0 Å². The van der Waals surface area contributed by atoms with Crippen LogP contribution in [0.15, 0.2) is 0 Å². The molecule has 0 aliphatic rings. The molecule has 0 atom stereocenters. The molecule has 0 spiro atoms. The third-order valence-corrected chi connectivity index (χ3v) is 5.59. The van der Waals surface area contributed by atoms with Gasteiger partial charge in [-0.15, -0.1) is 0 Å². The molecule has 0 saturated heterocycles. The minimum absolute atomic E-state index is 0.118. The molecule has 0 aromatic carbocycles. The lowest BCUT2D eigenvalue weighted by Gasteiger charge is -2.29. The number of nitrogens with zero attached hydrogens (tertiary/aromatic N) is 1. The van der Waals surface area contributed by atoms with Crippen molar-refractivity contribution in [2.75, 3.05) is 39.5 Å². The van der Waals surface area contributed by atoms with Crippen LogP contribution in [0, 0.1) is 0 Å². The van der Waals surface area contributed by atoms with Gasteiger partial charge >= 0.3 is 0 Å². The number of rotatable bonds is 17. The highest BCUT2D eigenvalue weighted by Crippen LogP contribution is 2.13. The number of aliphatic hydroxyl groups is 1. The number of unbranched alkanes of at least 4 members (excludes halogenated alkanes) is 11. The van der Waals surface area contributed by atoms with E-state index < -0.39 is 10.1 Å². The Labute approximate surface area is 169 Å². The lowest BCUT2D eigenvalue weighted by atomic mass is 10.1. The highest BCUT2D eigenvalue weighted by molar-refractivity contribution is 7.85. The van der Waals surface area contributed by atoms with Crippen LogP contribution in [0.25, 0.3) is 0 Å². The lowest BCUT2D eigenvalue weighted by molar-refractivity contribution is -0.890. The summed E-state index contributed by atoms with van der Waals surface area (Å²) in [7, 11) is 0.479. The van der Waals surface area contributed by atoms with Gasteiger partial charge in [-0.1, -0.05) is 71.1 Å². The molecule has 0 saturated carbocycles. The second kappa shape index (κ2) is 19.2. The predicted molar refractivity (Wildman–Crippen MR) is 117 cm³/mol. The molecule has 27 heavy (non-hydrogen) atoms. The summed E-state index contributed by atoms with van der Waals surface area (Å²) in [6.07, 6.45) is 16.8. The van der Waals surface area contributed by atoms with Crippen LogP contribution in [-0.2, 0) is 10.1 Å². The van der Waals surface area contributed by atoms with Crippen LogP contribution in [0.3, 0.4) is 0 Å². The maximum Gasteiger partial charge on any atom is 0.265 e. The zero-order valence-electron chi connectivity index (χ0n) is 18.6. The predicted octanol–water partition coefficient (Wildman–Crippen LogP) is 5.04. The molecular weight excluding hydrogens is 362 g/mol. The van der Waals surface area contributed by atoms with E-state index >= 15 is 0 Å². The summed E-state index contributed by atoms with van der Waals surface area (Å²) in [5.41, 5.74) is 0. The second-order valence-corrected chi connectivity index (χ2v) is 9.80. The molecule has 0 aromatic rings. The Morgan fingerprint density at radius 2 is 1.00 bits per heavy atom. The van der Waals surface area contributed by atoms with Crippen molar-refractivity contribution in [1.29, 1.82) is 0 Å². The minimum atomic E-state index is -3.80. The summed E-state index contributed by atoms with van der Waals surface area (Å²) in [6, 6.07) is 0. The van der Waals surface area contributed by atoms with E-state index in [0.29, 0.717) is 6.42 Å². The van der Waals surface area contributed by atoms with E-state index in [4.69, 9.17) is 9.66 Å². The van der Waals surface area contributed by atoms with Crippen molar-refractivity contribution in [3.05, 3.63) is 0 Å². The average molecular weight is 411 g/mol. The summed E-state index contributed by atoms with van der Waals surface area (Å²) in [5.74, 6) is -0.118. The molecule has 0 rings (SSSR count). The maximum absolute atomic E-state index is 10.7. The van der Waals surface area contributed by atoms with E-state index in [-0.39, 0.29) is 12.4 Å². The van der Waals surface area contributed by atoms with Gasteiger partial charge in [0.1, 0.15) is 0 Å². The van der Waals surface area contributed by atoms with Gasteiger partial charge in [0, 0.05) is 13.0 Å². The maximum atomic E-state index is 10.7. The standard InChI is InChI=1S/C19H41NO3S.C2H6O/c1-4-5-6-7-8-9-10-11-12-13-14-15-17-20(2,3)18-16-19-24(21,22)23;1-2-3/h4-19H2,1-3H3;3H,2H2,1H3/p+1. The summed E-state index contributed by atoms with van der Waals surface area (Å²) in [6.45, 7) is 6.08. The van der Waals surface area contributed by atoms with E-state index in [1.165, 1.54) is 77.0 Å². The Morgan fingerprint density at radius 3 is 1.37 bits per heavy atom. The van der Waals surface area contributed by atoms with Crippen LogP contribution in [0.5, 0.6) is 0 Å². The first-order chi connectivity index (χ1) is 12.7. The van der Waals surface area contributed by atoms with Gasteiger partial charge in [0.05, 0.1) is 32.9 Å². The zero-order chi connectivity index (χ0) is 21.0. The van der Waals surface area contributed by atoms with E-state index in [0.717, 1.165) is 17.6 Å². The Hall–Kier alpha value is -0.170. The monoisotopic (exact) mass is 410 g/mol. The SMILES string of the molecule is CCCCCCCCCCCCCC[N+](C)(C)CCCS(=O)(=O)O.CCO. The van der Waals surface area contributed by atoms with Crippen LogP contribution in [0.4, 0.5) is 0 Å². The van der Waals surface area contributed by atoms with Gasteiger partial charge in [-0.2, -0.15) is 8.42 Å². The van der Waals surface area contributed by atoms with Crippen molar-refractivity contribution in [3.8, 4) is 0 Å².